The van der Waals surface area contributed by atoms with Crippen LogP contribution in [0.5, 0.6) is 0 Å². The molecule has 1 rings (SSSR count). The zero-order valence-electron chi connectivity index (χ0n) is 9.78. The van der Waals surface area contributed by atoms with Crippen molar-refractivity contribution in [2.45, 2.75) is 19.8 Å². The average Bonchev–Trinajstić information content (AvgIpc) is 2.73. The lowest BCUT2D eigenvalue weighted by Crippen LogP contribution is -2.29. The number of methoxy groups -OCH3 is 1. The van der Waals surface area contributed by atoms with E-state index in [2.05, 4.69) is 20.4 Å². The predicted octanol–water partition coefficient (Wildman–Crippen LogP) is 1.39. The minimum absolute atomic E-state index is 0.116. The lowest BCUT2D eigenvalue weighted by Gasteiger charge is -2.02. The van der Waals surface area contributed by atoms with Crippen LogP contribution < -0.4 is 10.6 Å². The summed E-state index contributed by atoms with van der Waals surface area (Å²) < 4.78 is 4.52. The summed E-state index contributed by atoms with van der Waals surface area (Å²) in [5.74, 6) is -0.350. The molecule has 0 bridgehead atoms. The zero-order chi connectivity index (χ0) is 12.7. The van der Waals surface area contributed by atoms with E-state index < -0.39 is 0 Å². The first kappa shape index (κ1) is 13.4. The molecule has 0 aliphatic heterocycles. The van der Waals surface area contributed by atoms with Crippen molar-refractivity contribution in [1.82, 2.24) is 10.3 Å². The third-order valence-corrected chi connectivity index (χ3v) is 2.67. The van der Waals surface area contributed by atoms with Gasteiger partial charge in [0.2, 0.25) is 0 Å². The van der Waals surface area contributed by atoms with Crippen LogP contribution >= 0.6 is 11.3 Å². The topological polar surface area (TPSA) is 80.3 Å². The third-order valence-electron chi connectivity index (χ3n) is 1.86. The van der Waals surface area contributed by atoms with Crippen LogP contribution in [0.15, 0.2) is 5.38 Å². The average molecular weight is 257 g/mol. The van der Waals surface area contributed by atoms with Gasteiger partial charge < -0.3 is 10.1 Å². The summed E-state index contributed by atoms with van der Waals surface area (Å²) >= 11 is 1.27. The molecule has 0 aliphatic rings. The van der Waals surface area contributed by atoms with Crippen molar-refractivity contribution in [3.05, 3.63) is 11.1 Å². The number of esters is 1. The number of aromatic nitrogens is 1. The number of thiazole rings is 1. The molecule has 1 aromatic heterocycles. The van der Waals surface area contributed by atoms with E-state index in [1.165, 1.54) is 18.4 Å². The van der Waals surface area contributed by atoms with Gasteiger partial charge in [0.1, 0.15) is 0 Å². The summed E-state index contributed by atoms with van der Waals surface area (Å²) in [4.78, 5) is 26.4. The number of hydrogen-bond acceptors (Lipinski definition) is 5. The number of anilines is 1. The molecule has 0 unspecified atom stereocenters. The minimum Gasteiger partial charge on any atom is -0.469 e. The van der Waals surface area contributed by atoms with Crippen LogP contribution in [0.2, 0.25) is 0 Å². The Morgan fingerprint density at radius 3 is 2.94 bits per heavy atom. The van der Waals surface area contributed by atoms with Crippen LogP contribution in [0.3, 0.4) is 0 Å². The van der Waals surface area contributed by atoms with Gasteiger partial charge in [-0.05, 0) is 6.42 Å². The quantitative estimate of drug-likeness (QED) is 0.781. The summed E-state index contributed by atoms with van der Waals surface area (Å²) in [6.45, 7) is 2.59. The Labute approximate surface area is 103 Å². The Kier molecular flexibility index (Phi) is 5.41. The van der Waals surface area contributed by atoms with E-state index in [1.54, 1.807) is 5.38 Å². The van der Waals surface area contributed by atoms with Crippen molar-refractivity contribution in [1.29, 1.82) is 0 Å². The highest BCUT2D eigenvalue weighted by Gasteiger charge is 2.09. The van der Waals surface area contributed by atoms with Crippen molar-refractivity contribution in [2.75, 3.05) is 19.0 Å². The highest BCUT2D eigenvalue weighted by Crippen LogP contribution is 2.15. The van der Waals surface area contributed by atoms with E-state index in [1.807, 2.05) is 6.92 Å². The molecule has 0 atom stereocenters. The van der Waals surface area contributed by atoms with Crippen LogP contribution in [-0.4, -0.2) is 30.6 Å². The number of amides is 2. The lowest BCUT2D eigenvalue weighted by molar-refractivity contribution is -0.139. The van der Waals surface area contributed by atoms with Crippen LogP contribution in [0, 0.1) is 0 Å². The Balaban J connectivity index is 2.45. The molecule has 0 radical (unpaired) electrons. The van der Waals surface area contributed by atoms with Crippen molar-refractivity contribution in [3.63, 3.8) is 0 Å². The number of ether oxygens (including phenoxy) is 1. The Bertz CT molecular complexity index is 392. The van der Waals surface area contributed by atoms with Crippen molar-refractivity contribution in [3.8, 4) is 0 Å². The van der Waals surface area contributed by atoms with E-state index in [0.29, 0.717) is 17.4 Å². The van der Waals surface area contributed by atoms with Crippen LogP contribution in [-0.2, 0) is 16.0 Å². The molecule has 0 aromatic carbocycles. The number of rotatable bonds is 5. The molecule has 0 fully saturated rings. The number of nitrogens with one attached hydrogen (secondary N) is 2. The first-order chi connectivity index (χ1) is 8.15. The molecular weight excluding hydrogens is 242 g/mol. The normalized spacial score (nSPS) is 9.76. The molecule has 0 saturated heterocycles. The van der Waals surface area contributed by atoms with Crippen LogP contribution in [0.25, 0.3) is 0 Å². The summed E-state index contributed by atoms with van der Waals surface area (Å²) in [6, 6.07) is -0.286. The second kappa shape index (κ2) is 6.85. The fourth-order valence-corrected chi connectivity index (χ4v) is 1.75. The fraction of sp³-hybridized carbons (Fsp3) is 0.500. The zero-order valence-corrected chi connectivity index (χ0v) is 10.6. The van der Waals surface area contributed by atoms with Gasteiger partial charge >= 0.3 is 12.0 Å². The van der Waals surface area contributed by atoms with Gasteiger partial charge in [-0.2, -0.15) is 0 Å². The highest BCUT2D eigenvalue weighted by atomic mass is 32.1. The molecule has 6 nitrogen and oxygen atoms in total. The Morgan fingerprint density at radius 1 is 1.53 bits per heavy atom. The molecule has 0 aliphatic carbocycles. The second-order valence-electron chi connectivity index (χ2n) is 3.28. The predicted molar refractivity (Wildman–Crippen MR) is 65.1 cm³/mol. The first-order valence-electron chi connectivity index (χ1n) is 5.21. The monoisotopic (exact) mass is 257 g/mol. The fourth-order valence-electron chi connectivity index (χ4n) is 1.05. The molecule has 0 spiro atoms. The van der Waals surface area contributed by atoms with Gasteiger partial charge in [-0.15, -0.1) is 11.3 Å². The molecular formula is C10H15N3O3S. The molecule has 0 saturated carbocycles. The van der Waals surface area contributed by atoms with Gasteiger partial charge in [0.05, 0.1) is 19.2 Å². The van der Waals surface area contributed by atoms with E-state index in [4.69, 9.17) is 0 Å². The van der Waals surface area contributed by atoms with Crippen molar-refractivity contribution >= 4 is 28.5 Å². The summed E-state index contributed by atoms with van der Waals surface area (Å²) in [7, 11) is 1.33. The maximum absolute atomic E-state index is 11.3. The van der Waals surface area contributed by atoms with Gasteiger partial charge in [-0.25, -0.2) is 9.78 Å². The van der Waals surface area contributed by atoms with E-state index >= 15 is 0 Å². The summed E-state index contributed by atoms with van der Waals surface area (Å²) in [6.07, 6.45) is 0.990. The maximum Gasteiger partial charge on any atom is 0.321 e. The molecule has 17 heavy (non-hydrogen) atoms. The molecule has 2 N–H and O–H groups in total. The molecule has 94 valence electrons. The summed E-state index contributed by atoms with van der Waals surface area (Å²) in [5, 5.41) is 7.45. The van der Waals surface area contributed by atoms with Gasteiger partial charge in [0, 0.05) is 11.9 Å². The SMILES string of the molecule is CCCNC(=O)Nc1nc(CC(=O)OC)cs1. The summed E-state index contributed by atoms with van der Waals surface area (Å²) in [5.41, 5.74) is 0.590. The number of urea groups is 1. The number of nitrogens with zero attached hydrogens (tertiary/aromatic N) is 1. The highest BCUT2D eigenvalue weighted by molar-refractivity contribution is 7.13. The van der Waals surface area contributed by atoms with E-state index in [9.17, 15) is 9.59 Å². The number of hydrogen-bond donors (Lipinski definition) is 2. The lowest BCUT2D eigenvalue weighted by atomic mass is 10.3. The Hall–Kier alpha value is -1.63. The second-order valence-corrected chi connectivity index (χ2v) is 4.14. The largest absolute Gasteiger partial charge is 0.469 e. The van der Waals surface area contributed by atoms with Crippen molar-refractivity contribution < 1.29 is 14.3 Å². The van der Waals surface area contributed by atoms with Crippen LogP contribution in [0.4, 0.5) is 9.93 Å². The third kappa shape index (κ3) is 4.81. The van der Waals surface area contributed by atoms with Gasteiger partial charge in [0.25, 0.3) is 0 Å². The van der Waals surface area contributed by atoms with E-state index in [-0.39, 0.29) is 18.4 Å². The standard InChI is InChI=1S/C10H15N3O3S/c1-3-4-11-9(15)13-10-12-7(6-17-10)5-8(14)16-2/h6H,3-5H2,1-2H3,(H2,11,12,13,15). The molecule has 1 aromatic rings. The van der Waals surface area contributed by atoms with Crippen LogP contribution in [0.1, 0.15) is 19.0 Å². The number of carbonyl (C=O) groups excluding carboxylic acids is 2. The maximum atomic E-state index is 11.3. The Morgan fingerprint density at radius 2 is 2.29 bits per heavy atom. The smallest absolute Gasteiger partial charge is 0.321 e. The minimum atomic E-state index is -0.350. The van der Waals surface area contributed by atoms with Gasteiger partial charge in [0.15, 0.2) is 5.13 Å². The van der Waals surface area contributed by atoms with Gasteiger partial charge in [-0.1, -0.05) is 6.92 Å². The van der Waals surface area contributed by atoms with Crippen molar-refractivity contribution in [2.24, 2.45) is 0 Å². The number of carbonyl (C=O) groups is 2. The molecule has 2 amide bonds. The van der Waals surface area contributed by atoms with E-state index in [0.717, 1.165) is 6.42 Å². The van der Waals surface area contributed by atoms with Gasteiger partial charge in [-0.3, -0.25) is 10.1 Å². The first-order valence-corrected chi connectivity index (χ1v) is 6.09. The molecule has 1 heterocycles. The molecule has 7 heteroatoms.